The van der Waals surface area contributed by atoms with Gasteiger partial charge in [-0.15, -0.1) is 0 Å². The molecule has 0 aromatic carbocycles. The Morgan fingerprint density at radius 2 is 2.00 bits per heavy atom. The van der Waals surface area contributed by atoms with Crippen LogP contribution < -0.4 is 5.69 Å². The van der Waals surface area contributed by atoms with Gasteiger partial charge in [0.1, 0.15) is 10.7 Å². The maximum absolute atomic E-state index is 12.8. The maximum Gasteiger partial charge on any atom is 0.329 e. The van der Waals surface area contributed by atoms with E-state index < -0.39 is 0 Å². The molecule has 0 unspecified atom stereocenters. The number of nitrogens with zero attached hydrogens (tertiary/aromatic N) is 4. The van der Waals surface area contributed by atoms with E-state index in [1.54, 1.807) is 23.9 Å². The van der Waals surface area contributed by atoms with Gasteiger partial charge in [-0.1, -0.05) is 11.6 Å². The first-order valence-electron chi connectivity index (χ1n) is 7.76. The van der Waals surface area contributed by atoms with Crippen molar-refractivity contribution in [3.63, 3.8) is 0 Å². The Bertz CT molecular complexity index is 954. The minimum absolute atomic E-state index is 0.0704. The Kier molecular flexibility index (Phi) is 3.39. The standard InChI is InChI=1S/C16H17ClN4O2/c1-20-12-8-18-11-6-7-13(17)19-14(11)15(12)21(16(20)23)9-2-4-10(22)5-3-9/h6-10,22H,2-5H2,1H3. The Morgan fingerprint density at radius 1 is 1.26 bits per heavy atom. The molecule has 7 heteroatoms. The van der Waals surface area contributed by atoms with E-state index in [1.807, 2.05) is 10.6 Å². The topological polar surface area (TPSA) is 72.9 Å². The van der Waals surface area contributed by atoms with Gasteiger partial charge >= 0.3 is 5.69 Å². The highest BCUT2D eigenvalue weighted by Gasteiger charge is 2.26. The molecule has 3 aromatic heterocycles. The number of imidazole rings is 1. The van der Waals surface area contributed by atoms with Gasteiger partial charge < -0.3 is 5.11 Å². The van der Waals surface area contributed by atoms with E-state index in [2.05, 4.69) is 9.97 Å². The van der Waals surface area contributed by atoms with Gasteiger partial charge in [0.05, 0.1) is 28.9 Å². The smallest absolute Gasteiger partial charge is 0.329 e. The van der Waals surface area contributed by atoms with Crippen LogP contribution in [0.15, 0.2) is 23.1 Å². The number of aromatic nitrogens is 4. The normalized spacial score (nSPS) is 22.0. The van der Waals surface area contributed by atoms with Crippen molar-refractivity contribution in [3.8, 4) is 0 Å². The molecule has 23 heavy (non-hydrogen) atoms. The summed E-state index contributed by atoms with van der Waals surface area (Å²) in [4.78, 5) is 21.6. The van der Waals surface area contributed by atoms with Crippen molar-refractivity contribution in [1.29, 1.82) is 0 Å². The zero-order valence-electron chi connectivity index (χ0n) is 12.7. The van der Waals surface area contributed by atoms with Gasteiger partial charge in [-0.25, -0.2) is 9.78 Å². The van der Waals surface area contributed by atoms with E-state index >= 15 is 0 Å². The zero-order chi connectivity index (χ0) is 16.1. The van der Waals surface area contributed by atoms with Crippen LogP contribution in [-0.2, 0) is 7.05 Å². The second-order valence-electron chi connectivity index (χ2n) is 6.17. The Balaban J connectivity index is 2.04. The fourth-order valence-electron chi connectivity index (χ4n) is 3.52. The van der Waals surface area contributed by atoms with Crippen LogP contribution in [0.5, 0.6) is 0 Å². The number of pyridine rings is 2. The second-order valence-corrected chi connectivity index (χ2v) is 6.55. The van der Waals surface area contributed by atoms with Gasteiger partial charge in [0.2, 0.25) is 0 Å². The number of rotatable bonds is 1. The fraction of sp³-hybridized carbons (Fsp3) is 0.438. The summed E-state index contributed by atoms with van der Waals surface area (Å²) in [5, 5.41) is 10.1. The molecule has 4 rings (SSSR count). The summed E-state index contributed by atoms with van der Waals surface area (Å²) in [6.45, 7) is 0. The molecule has 0 amide bonds. The first-order chi connectivity index (χ1) is 11.1. The molecule has 0 aliphatic heterocycles. The third-order valence-corrected chi connectivity index (χ3v) is 4.97. The number of halogens is 1. The molecule has 1 aliphatic carbocycles. The Labute approximate surface area is 137 Å². The largest absolute Gasteiger partial charge is 0.393 e. The highest BCUT2D eigenvalue weighted by molar-refractivity contribution is 6.30. The summed E-state index contributed by atoms with van der Waals surface area (Å²) in [5.41, 5.74) is 2.84. The minimum Gasteiger partial charge on any atom is -0.393 e. The average molecular weight is 333 g/mol. The number of aliphatic hydroxyl groups excluding tert-OH is 1. The predicted octanol–water partition coefficient (Wildman–Crippen LogP) is 2.41. The van der Waals surface area contributed by atoms with Crippen molar-refractivity contribution in [2.45, 2.75) is 37.8 Å². The molecule has 0 bridgehead atoms. The quantitative estimate of drug-likeness (QED) is 0.694. The summed E-state index contributed by atoms with van der Waals surface area (Å²) in [6.07, 6.45) is 4.44. The average Bonchev–Trinajstić information content (AvgIpc) is 2.80. The molecular formula is C16H17ClN4O2. The predicted molar refractivity (Wildman–Crippen MR) is 88.8 cm³/mol. The third kappa shape index (κ3) is 2.24. The van der Waals surface area contributed by atoms with Crippen LogP contribution in [0.25, 0.3) is 22.1 Å². The van der Waals surface area contributed by atoms with Gasteiger partial charge in [-0.2, -0.15) is 0 Å². The van der Waals surface area contributed by atoms with Gasteiger partial charge in [-0.3, -0.25) is 14.1 Å². The van der Waals surface area contributed by atoms with Gasteiger partial charge in [0.25, 0.3) is 0 Å². The van der Waals surface area contributed by atoms with Crippen molar-refractivity contribution in [2.75, 3.05) is 0 Å². The minimum atomic E-state index is -0.261. The first-order valence-corrected chi connectivity index (χ1v) is 8.14. The number of hydrogen-bond donors (Lipinski definition) is 1. The fourth-order valence-corrected chi connectivity index (χ4v) is 3.67. The molecule has 1 N–H and O–H groups in total. The lowest BCUT2D eigenvalue weighted by Gasteiger charge is -2.26. The van der Waals surface area contributed by atoms with Crippen LogP contribution in [0.3, 0.4) is 0 Å². The molecule has 0 spiro atoms. The lowest BCUT2D eigenvalue weighted by atomic mass is 9.93. The van der Waals surface area contributed by atoms with E-state index in [0.717, 1.165) is 29.4 Å². The maximum atomic E-state index is 12.8. The number of aliphatic hydroxyl groups is 1. The molecule has 120 valence electrons. The van der Waals surface area contributed by atoms with E-state index in [4.69, 9.17) is 11.6 Å². The summed E-state index contributed by atoms with van der Waals surface area (Å²) in [5.74, 6) is 0. The van der Waals surface area contributed by atoms with Crippen LogP contribution in [0, 0.1) is 0 Å². The van der Waals surface area contributed by atoms with Gasteiger partial charge in [0, 0.05) is 13.1 Å². The van der Waals surface area contributed by atoms with E-state index in [0.29, 0.717) is 23.5 Å². The first kappa shape index (κ1) is 14.7. The molecule has 3 heterocycles. The summed E-state index contributed by atoms with van der Waals surface area (Å²) < 4.78 is 3.42. The molecule has 6 nitrogen and oxygen atoms in total. The van der Waals surface area contributed by atoms with Gasteiger partial charge in [0.15, 0.2) is 0 Å². The monoisotopic (exact) mass is 332 g/mol. The lowest BCUT2D eigenvalue weighted by Crippen LogP contribution is -2.29. The number of fused-ring (bicyclic) bond motifs is 3. The Hall–Kier alpha value is -1.92. The SMILES string of the molecule is Cn1c(=O)n(C2CCC(O)CC2)c2c3nc(Cl)ccc3ncc21. The molecular weight excluding hydrogens is 316 g/mol. The highest BCUT2D eigenvalue weighted by Crippen LogP contribution is 2.32. The summed E-state index contributed by atoms with van der Waals surface area (Å²) >= 11 is 6.06. The van der Waals surface area contributed by atoms with Crippen LogP contribution in [-0.4, -0.2) is 30.3 Å². The molecule has 1 aliphatic rings. The highest BCUT2D eigenvalue weighted by atomic mass is 35.5. The van der Waals surface area contributed by atoms with Crippen LogP contribution >= 0.6 is 11.6 Å². The molecule has 1 fully saturated rings. The number of hydrogen-bond acceptors (Lipinski definition) is 4. The van der Waals surface area contributed by atoms with Crippen molar-refractivity contribution >= 4 is 33.7 Å². The van der Waals surface area contributed by atoms with Crippen molar-refractivity contribution < 1.29 is 5.11 Å². The third-order valence-electron chi connectivity index (χ3n) is 4.76. The molecule has 3 aromatic rings. The lowest BCUT2D eigenvalue weighted by molar-refractivity contribution is 0.111. The molecule has 0 radical (unpaired) electrons. The van der Waals surface area contributed by atoms with E-state index in [1.165, 1.54) is 0 Å². The van der Waals surface area contributed by atoms with E-state index in [9.17, 15) is 9.90 Å². The van der Waals surface area contributed by atoms with Crippen molar-refractivity contribution in [1.82, 2.24) is 19.1 Å². The zero-order valence-corrected chi connectivity index (χ0v) is 13.5. The van der Waals surface area contributed by atoms with Crippen LogP contribution in [0.4, 0.5) is 0 Å². The van der Waals surface area contributed by atoms with Crippen LogP contribution in [0.1, 0.15) is 31.7 Å². The second kappa shape index (κ2) is 5.32. The van der Waals surface area contributed by atoms with Gasteiger partial charge in [-0.05, 0) is 37.8 Å². The Morgan fingerprint density at radius 3 is 2.74 bits per heavy atom. The van der Waals surface area contributed by atoms with Crippen LogP contribution in [0.2, 0.25) is 5.15 Å². The van der Waals surface area contributed by atoms with Crippen molar-refractivity contribution in [2.24, 2.45) is 7.05 Å². The molecule has 0 saturated heterocycles. The number of aryl methyl sites for hydroxylation is 1. The summed E-state index contributed by atoms with van der Waals surface area (Å²) in [7, 11) is 1.75. The van der Waals surface area contributed by atoms with E-state index in [-0.39, 0.29) is 17.8 Å². The molecule has 1 saturated carbocycles. The molecule has 0 atom stereocenters. The van der Waals surface area contributed by atoms with Crippen molar-refractivity contribution in [3.05, 3.63) is 34.0 Å². The summed E-state index contributed by atoms with van der Waals surface area (Å²) in [6, 6.07) is 3.59.